The molecular formula is C26H29FN7O3+. The lowest BCUT2D eigenvalue weighted by atomic mass is 9.94. The van der Waals surface area contributed by atoms with E-state index in [1.54, 1.807) is 23.1 Å². The molecule has 1 amide bonds. The number of nitrogens with zero attached hydrogens (tertiary/aromatic N) is 7. The Kier molecular flexibility index (Phi) is 6.12. The number of aromatic nitrogens is 5. The van der Waals surface area contributed by atoms with Crippen molar-refractivity contribution in [3.63, 3.8) is 0 Å². The number of fused-ring (bicyclic) bond motifs is 1. The molecule has 1 N–H and O–H groups in total. The molecule has 37 heavy (non-hydrogen) atoms. The van der Waals surface area contributed by atoms with Gasteiger partial charge in [0.1, 0.15) is 17.1 Å². The number of quaternary nitrogens is 1. The Balaban J connectivity index is 1.38. The summed E-state index contributed by atoms with van der Waals surface area (Å²) >= 11 is 0. The molecule has 11 heteroatoms. The molecule has 2 atom stereocenters. The van der Waals surface area contributed by atoms with Gasteiger partial charge in [-0.25, -0.2) is 9.37 Å². The first kappa shape index (κ1) is 24.7. The quantitative estimate of drug-likeness (QED) is 0.415. The summed E-state index contributed by atoms with van der Waals surface area (Å²) < 4.78 is 19.2. The van der Waals surface area contributed by atoms with Gasteiger partial charge in [-0.2, -0.15) is 0 Å². The predicted molar refractivity (Wildman–Crippen MR) is 133 cm³/mol. The number of hydrogen-bond acceptors (Lipinski definition) is 7. The first-order chi connectivity index (χ1) is 17.6. The summed E-state index contributed by atoms with van der Waals surface area (Å²) in [6.45, 7) is 5.18. The largest absolute Gasteiger partial charge is 0.481 e. The van der Waals surface area contributed by atoms with Crippen LogP contribution in [0.25, 0.3) is 16.5 Å². The summed E-state index contributed by atoms with van der Waals surface area (Å²) in [7, 11) is 3.45. The van der Waals surface area contributed by atoms with Crippen LogP contribution in [0.15, 0.2) is 54.6 Å². The molecule has 1 saturated heterocycles. The van der Waals surface area contributed by atoms with Gasteiger partial charge in [-0.1, -0.05) is 24.3 Å². The van der Waals surface area contributed by atoms with Crippen LogP contribution in [0.1, 0.15) is 36.4 Å². The highest BCUT2D eigenvalue weighted by molar-refractivity contribution is 5.98. The van der Waals surface area contributed by atoms with Crippen molar-refractivity contribution >= 4 is 16.7 Å². The molecule has 0 saturated carbocycles. The van der Waals surface area contributed by atoms with Gasteiger partial charge in [-0.15, -0.1) is 15.0 Å². The molecule has 2 unspecified atom stereocenters. The Labute approximate surface area is 213 Å². The van der Waals surface area contributed by atoms with Crippen LogP contribution in [0.4, 0.5) is 4.39 Å². The molecule has 0 aliphatic carbocycles. The highest BCUT2D eigenvalue weighted by Crippen LogP contribution is 2.36. The topological polar surface area (TPSA) is 106 Å². The van der Waals surface area contributed by atoms with Crippen molar-refractivity contribution in [3.05, 3.63) is 71.9 Å². The molecule has 0 spiro atoms. The van der Waals surface area contributed by atoms with Gasteiger partial charge < -0.3 is 14.7 Å². The monoisotopic (exact) mass is 506 g/mol. The van der Waals surface area contributed by atoms with Crippen LogP contribution in [0.3, 0.4) is 0 Å². The Morgan fingerprint density at radius 1 is 1.19 bits per heavy atom. The molecule has 5 rings (SSSR count). The van der Waals surface area contributed by atoms with E-state index in [9.17, 15) is 14.3 Å². The number of tetrazole rings is 1. The van der Waals surface area contributed by atoms with E-state index in [0.717, 1.165) is 10.8 Å². The Morgan fingerprint density at radius 2 is 1.97 bits per heavy atom. The van der Waals surface area contributed by atoms with Crippen molar-refractivity contribution in [2.45, 2.75) is 25.6 Å². The van der Waals surface area contributed by atoms with Gasteiger partial charge in [-0.05, 0) is 48.7 Å². The molecule has 0 bridgehead atoms. The molecule has 1 aliphatic heterocycles. The average molecular weight is 507 g/mol. The molecule has 2 aromatic carbocycles. The highest BCUT2D eigenvalue weighted by atomic mass is 19.1. The number of pyridine rings is 1. The zero-order valence-electron chi connectivity index (χ0n) is 21.2. The third kappa shape index (κ3) is 4.30. The maximum Gasteiger partial charge on any atom is 0.273 e. The molecule has 0 radical (unpaired) electrons. The van der Waals surface area contributed by atoms with E-state index in [2.05, 4.69) is 20.4 Å². The third-order valence-electron chi connectivity index (χ3n) is 7.44. The Hall–Kier alpha value is -3.96. The molecule has 10 nitrogen and oxygen atoms in total. The minimum absolute atomic E-state index is 0.126. The summed E-state index contributed by atoms with van der Waals surface area (Å²) in [5.74, 6) is -0.0915. The van der Waals surface area contributed by atoms with Crippen molar-refractivity contribution in [1.82, 2.24) is 30.1 Å². The van der Waals surface area contributed by atoms with Crippen molar-refractivity contribution in [3.8, 4) is 11.6 Å². The van der Waals surface area contributed by atoms with Gasteiger partial charge in [0.15, 0.2) is 0 Å². The summed E-state index contributed by atoms with van der Waals surface area (Å²) in [6, 6.07) is 15.2. The number of carbonyl (C=O) groups is 1. The van der Waals surface area contributed by atoms with Gasteiger partial charge >= 0.3 is 0 Å². The van der Waals surface area contributed by atoms with E-state index < -0.39 is 17.6 Å². The Morgan fingerprint density at radius 3 is 2.70 bits per heavy atom. The lowest BCUT2D eigenvalue weighted by Gasteiger charge is -2.54. The number of rotatable bonds is 5. The van der Waals surface area contributed by atoms with Crippen LogP contribution in [-0.2, 0) is 0 Å². The van der Waals surface area contributed by atoms with Crippen molar-refractivity contribution in [2.24, 2.45) is 0 Å². The molecule has 1 aliphatic rings. The molecule has 192 valence electrons. The number of halogens is 1. The average Bonchev–Trinajstić information content (AvgIpc) is 3.39. The zero-order chi connectivity index (χ0) is 26.4. The van der Waals surface area contributed by atoms with Crippen molar-refractivity contribution < 1.29 is 23.5 Å². The number of likely N-dealkylation sites (N-methyl/N-ethyl adjacent to an activating group) is 1. The lowest BCUT2D eigenvalue weighted by Crippen LogP contribution is -2.70. The normalized spacial score (nSPS) is 20.1. The summed E-state index contributed by atoms with van der Waals surface area (Å²) in [4.78, 5) is 20.9. The lowest BCUT2D eigenvalue weighted by molar-refractivity contribution is -1.01. The van der Waals surface area contributed by atoms with E-state index in [1.165, 1.54) is 24.0 Å². The minimum atomic E-state index is -1.10. The van der Waals surface area contributed by atoms with Crippen LogP contribution in [0, 0.1) is 5.82 Å². The first-order valence-corrected chi connectivity index (χ1v) is 12.0. The molecular weight excluding hydrogens is 477 g/mol. The van der Waals surface area contributed by atoms with E-state index in [4.69, 9.17) is 4.74 Å². The number of amides is 1. The van der Waals surface area contributed by atoms with Crippen molar-refractivity contribution in [1.29, 1.82) is 0 Å². The number of aliphatic hydroxyl groups excluding tert-OH is 1. The fourth-order valence-corrected chi connectivity index (χ4v) is 4.85. The van der Waals surface area contributed by atoms with Crippen molar-refractivity contribution in [2.75, 3.05) is 33.8 Å². The van der Waals surface area contributed by atoms with Crippen LogP contribution in [-0.4, -0.2) is 84.9 Å². The number of piperazine rings is 1. The van der Waals surface area contributed by atoms with E-state index in [1.807, 2.05) is 45.2 Å². The van der Waals surface area contributed by atoms with Gasteiger partial charge in [0.05, 0.1) is 39.5 Å². The zero-order valence-corrected chi connectivity index (χ0v) is 21.2. The van der Waals surface area contributed by atoms with Gasteiger partial charge in [-0.3, -0.25) is 9.28 Å². The van der Waals surface area contributed by atoms with Gasteiger partial charge in [0.2, 0.25) is 5.88 Å². The fraction of sp³-hybridized carbons (Fsp3) is 0.346. The number of methoxy groups -OCH3 is 1. The van der Waals surface area contributed by atoms with Crippen LogP contribution in [0.5, 0.6) is 5.88 Å². The molecule has 2 aromatic heterocycles. The van der Waals surface area contributed by atoms with E-state index in [0.29, 0.717) is 36.9 Å². The second kappa shape index (κ2) is 9.16. The smallest absolute Gasteiger partial charge is 0.273 e. The number of carbonyl (C=O) groups excluding carboxylic acids is 1. The fourth-order valence-electron chi connectivity index (χ4n) is 4.85. The second-order valence-corrected chi connectivity index (χ2v) is 10.1. The van der Waals surface area contributed by atoms with E-state index in [-0.39, 0.29) is 16.2 Å². The van der Waals surface area contributed by atoms with Crippen LogP contribution in [0.2, 0.25) is 0 Å². The third-order valence-corrected chi connectivity index (χ3v) is 7.44. The number of aliphatic hydroxyl groups is 1. The second-order valence-electron chi connectivity index (χ2n) is 10.1. The predicted octanol–water partition coefficient (Wildman–Crippen LogP) is 2.73. The molecule has 3 heterocycles. The molecule has 1 fully saturated rings. The highest BCUT2D eigenvalue weighted by Gasteiger charge is 2.52. The standard InChI is InChI=1S/C26H29FN7O3/c1-26(2)16-32(24(35)21-14-17-8-5-6-11-20(17)23(28-21)37-4)12-13-34(26,3)25(36)22-29-31-33(30-22)19-10-7-9-18(27)15-19/h5-11,14-15,25,36H,12-13,16H2,1-4H3/q+1. The van der Waals surface area contributed by atoms with Gasteiger partial charge in [0.25, 0.3) is 18.0 Å². The van der Waals surface area contributed by atoms with Gasteiger partial charge in [0, 0.05) is 11.5 Å². The Bertz CT molecular complexity index is 1470. The summed E-state index contributed by atoms with van der Waals surface area (Å²) in [6.07, 6.45) is -1.10. The molecule has 4 aromatic rings. The van der Waals surface area contributed by atoms with Crippen LogP contribution < -0.4 is 4.74 Å². The summed E-state index contributed by atoms with van der Waals surface area (Å²) in [5, 5.41) is 25.4. The first-order valence-electron chi connectivity index (χ1n) is 12.0. The number of benzene rings is 2. The van der Waals surface area contributed by atoms with E-state index >= 15 is 0 Å². The number of hydrogen-bond donors (Lipinski definition) is 1. The summed E-state index contributed by atoms with van der Waals surface area (Å²) in [5.41, 5.74) is 0.141. The van der Waals surface area contributed by atoms with Crippen LogP contribution >= 0.6 is 0 Å². The maximum absolute atomic E-state index is 13.6. The minimum Gasteiger partial charge on any atom is -0.481 e. The maximum atomic E-state index is 13.6. The SMILES string of the molecule is COc1nc(C(=O)N2CC[N+](C)(C(O)c3nnn(-c4cccc(F)c4)n3)C(C)(C)C2)cc2ccccc12. The number of ether oxygens (including phenoxy) is 1.